The summed E-state index contributed by atoms with van der Waals surface area (Å²) < 4.78 is 42.6. The number of rotatable bonds is 5. The Kier molecular flexibility index (Phi) is 6.04. The standard InChI is InChI=1S/C23H23ClF3N7O/c1-32-29-13-20(31-32)33-7-2-8-34(22(33)35)21(23(25,26)27)19-6-5-17(12-28-19)30-18-10-14-3-4-16(24)9-15(14)11-18/h3-6,9,12-13,18,21,30H,2,7-8,10-11H2,1H3. The van der Waals surface area contributed by atoms with Crippen molar-refractivity contribution in [2.75, 3.05) is 23.3 Å². The van der Waals surface area contributed by atoms with Gasteiger partial charge in [-0.25, -0.2) is 4.79 Å². The van der Waals surface area contributed by atoms with Crippen molar-refractivity contribution in [3.8, 4) is 0 Å². The number of fused-ring (bicyclic) bond motifs is 1. The molecule has 2 unspecified atom stereocenters. The van der Waals surface area contributed by atoms with E-state index in [1.807, 2.05) is 18.2 Å². The summed E-state index contributed by atoms with van der Waals surface area (Å²) in [5, 5.41) is 12.0. The number of anilines is 2. The predicted molar refractivity (Wildman–Crippen MR) is 124 cm³/mol. The number of hydrogen-bond acceptors (Lipinski definition) is 5. The zero-order valence-electron chi connectivity index (χ0n) is 18.8. The molecule has 1 N–H and O–H groups in total. The van der Waals surface area contributed by atoms with Gasteiger partial charge in [-0.05, 0) is 54.7 Å². The molecule has 0 radical (unpaired) electrons. The lowest BCUT2D eigenvalue weighted by Crippen LogP contribution is -2.54. The first-order valence-corrected chi connectivity index (χ1v) is 11.6. The highest BCUT2D eigenvalue weighted by molar-refractivity contribution is 6.30. The summed E-state index contributed by atoms with van der Waals surface area (Å²) >= 11 is 6.07. The molecule has 1 fully saturated rings. The fourth-order valence-electron chi connectivity index (χ4n) is 4.74. The van der Waals surface area contributed by atoms with Crippen molar-refractivity contribution < 1.29 is 18.0 Å². The van der Waals surface area contributed by atoms with Crippen LogP contribution in [0.25, 0.3) is 0 Å². The number of carbonyl (C=O) groups is 1. The number of aryl methyl sites for hydroxylation is 1. The molecule has 0 saturated carbocycles. The number of benzene rings is 1. The molecule has 1 aliphatic heterocycles. The Labute approximate surface area is 204 Å². The summed E-state index contributed by atoms with van der Waals surface area (Å²) in [6.07, 6.45) is -0.0315. The van der Waals surface area contributed by atoms with Crippen LogP contribution in [0, 0.1) is 0 Å². The van der Waals surface area contributed by atoms with Crippen LogP contribution in [0.1, 0.15) is 29.3 Å². The van der Waals surface area contributed by atoms with Gasteiger partial charge in [0.1, 0.15) is 0 Å². The Morgan fingerprint density at radius 2 is 1.91 bits per heavy atom. The van der Waals surface area contributed by atoms with Gasteiger partial charge < -0.3 is 10.2 Å². The fraction of sp³-hybridized carbons (Fsp3) is 0.391. The maximum absolute atomic E-state index is 14.2. The van der Waals surface area contributed by atoms with Crippen LogP contribution in [0.3, 0.4) is 0 Å². The maximum Gasteiger partial charge on any atom is 0.414 e. The highest BCUT2D eigenvalue weighted by atomic mass is 35.5. The van der Waals surface area contributed by atoms with Gasteiger partial charge in [0.25, 0.3) is 0 Å². The third-order valence-corrected chi connectivity index (χ3v) is 6.52. The molecule has 1 aromatic carbocycles. The van der Waals surface area contributed by atoms with Crippen LogP contribution in [0.5, 0.6) is 0 Å². The molecule has 2 atom stereocenters. The lowest BCUT2D eigenvalue weighted by molar-refractivity contribution is -0.180. The van der Waals surface area contributed by atoms with Crippen LogP contribution in [-0.2, 0) is 19.9 Å². The normalized spacial score (nSPS) is 19.1. The van der Waals surface area contributed by atoms with Crippen molar-refractivity contribution in [3.63, 3.8) is 0 Å². The monoisotopic (exact) mass is 505 g/mol. The number of nitrogens with zero attached hydrogens (tertiary/aromatic N) is 6. The van der Waals surface area contributed by atoms with E-state index in [0.29, 0.717) is 17.1 Å². The van der Waals surface area contributed by atoms with E-state index < -0.39 is 18.2 Å². The minimum atomic E-state index is -4.70. The zero-order valence-corrected chi connectivity index (χ0v) is 19.6. The quantitative estimate of drug-likeness (QED) is 0.557. The number of carbonyl (C=O) groups excluding carboxylic acids is 1. The number of halogens is 4. The summed E-state index contributed by atoms with van der Waals surface area (Å²) in [5.41, 5.74) is 2.74. The van der Waals surface area contributed by atoms with Crippen LogP contribution in [0.15, 0.2) is 42.7 Å². The largest absolute Gasteiger partial charge is 0.414 e. The predicted octanol–water partition coefficient (Wildman–Crippen LogP) is 4.38. The Balaban J connectivity index is 1.33. The van der Waals surface area contributed by atoms with Crippen molar-refractivity contribution in [2.24, 2.45) is 7.05 Å². The second kappa shape index (κ2) is 9.03. The molecule has 3 aromatic rings. The summed E-state index contributed by atoms with van der Waals surface area (Å²) in [7, 11) is 1.58. The average molecular weight is 506 g/mol. The molecule has 2 aliphatic rings. The molecule has 5 rings (SSSR count). The topological polar surface area (TPSA) is 79.2 Å². The molecule has 1 aliphatic carbocycles. The Morgan fingerprint density at radius 1 is 1.11 bits per heavy atom. The van der Waals surface area contributed by atoms with Crippen molar-refractivity contribution >= 4 is 29.1 Å². The molecule has 3 heterocycles. The van der Waals surface area contributed by atoms with Crippen LogP contribution in [0.4, 0.5) is 29.5 Å². The molecule has 0 spiro atoms. The summed E-state index contributed by atoms with van der Waals surface area (Å²) in [5.74, 6) is 0.217. The molecule has 2 amide bonds. The number of hydrogen-bond donors (Lipinski definition) is 1. The average Bonchev–Trinajstić information content (AvgIpc) is 3.40. The van der Waals surface area contributed by atoms with Crippen molar-refractivity contribution in [2.45, 2.75) is 37.5 Å². The smallest absolute Gasteiger partial charge is 0.380 e. The number of amides is 2. The number of alkyl halides is 3. The van der Waals surface area contributed by atoms with E-state index in [1.165, 1.54) is 33.7 Å². The van der Waals surface area contributed by atoms with Crippen molar-refractivity contribution in [1.29, 1.82) is 0 Å². The Bertz CT molecular complexity index is 1230. The van der Waals surface area contributed by atoms with E-state index in [-0.39, 0.29) is 30.6 Å². The number of urea groups is 1. The van der Waals surface area contributed by atoms with Gasteiger partial charge in [-0.15, -0.1) is 5.10 Å². The number of aromatic nitrogens is 4. The molecule has 0 bridgehead atoms. The van der Waals surface area contributed by atoms with Gasteiger partial charge in [0.2, 0.25) is 0 Å². The molecular formula is C23H23ClF3N7O. The van der Waals surface area contributed by atoms with E-state index >= 15 is 0 Å². The van der Waals surface area contributed by atoms with Crippen LogP contribution in [0.2, 0.25) is 5.02 Å². The lowest BCUT2D eigenvalue weighted by atomic mass is 10.1. The van der Waals surface area contributed by atoms with E-state index in [1.54, 1.807) is 13.1 Å². The molecule has 184 valence electrons. The molecule has 8 nitrogen and oxygen atoms in total. The maximum atomic E-state index is 14.2. The first kappa shape index (κ1) is 23.4. The molecule has 2 aromatic heterocycles. The van der Waals surface area contributed by atoms with Crippen molar-refractivity contribution in [1.82, 2.24) is 24.9 Å². The lowest BCUT2D eigenvalue weighted by Gasteiger charge is -2.39. The first-order chi connectivity index (χ1) is 16.7. The number of nitrogens with one attached hydrogen (secondary N) is 1. The van der Waals surface area contributed by atoms with E-state index in [0.717, 1.165) is 23.3 Å². The van der Waals surface area contributed by atoms with E-state index in [9.17, 15) is 18.0 Å². The van der Waals surface area contributed by atoms with Crippen molar-refractivity contribution in [3.05, 3.63) is 64.6 Å². The molecule has 1 saturated heterocycles. The molecule has 12 heteroatoms. The summed E-state index contributed by atoms with van der Waals surface area (Å²) in [6.45, 7) is 0.230. The highest BCUT2D eigenvalue weighted by Crippen LogP contribution is 2.39. The Morgan fingerprint density at radius 3 is 2.60 bits per heavy atom. The van der Waals surface area contributed by atoms with Gasteiger partial charge in [0, 0.05) is 31.2 Å². The van der Waals surface area contributed by atoms with Crippen LogP contribution in [-0.4, -0.2) is 56.2 Å². The number of pyridine rings is 1. The summed E-state index contributed by atoms with van der Waals surface area (Å²) in [4.78, 5) is 20.5. The SMILES string of the molecule is Cn1ncc(N2CCCN(C(c3ccc(NC4Cc5ccc(Cl)cc5C4)cn3)C(F)(F)F)C2=O)n1. The van der Waals surface area contributed by atoms with Crippen LogP contribution < -0.4 is 10.2 Å². The third-order valence-electron chi connectivity index (χ3n) is 6.28. The highest BCUT2D eigenvalue weighted by Gasteiger charge is 2.49. The fourth-order valence-corrected chi connectivity index (χ4v) is 4.93. The minimum Gasteiger partial charge on any atom is -0.380 e. The first-order valence-electron chi connectivity index (χ1n) is 11.2. The van der Waals surface area contributed by atoms with E-state index in [4.69, 9.17) is 11.6 Å². The van der Waals surface area contributed by atoms with Gasteiger partial charge in [-0.2, -0.15) is 23.1 Å². The van der Waals surface area contributed by atoms with Gasteiger partial charge in [-0.1, -0.05) is 17.7 Å². The zero-order chi connectivity index (χ0) is 24.7. The van der Waals surface area contributed by atoms with Gasteiger partial charge >= 0.3 is 12.2 Å². The molecule has 35 heavy (non-hydrogen) atoms. The second-order valence-electron chi connectivity index (χ2n) is 8.75. The van der Waals surface area contributed by atoms with E-state index in [2.05, 4.69) is 20.5 Å². The van der Waals surface area contributed by atoms with Crippen LogP contribution >= 0.6 is 11.6 Å². The van der Waals surface area contributed by atoms with Gasteiger partial charge in [0.05, 0.1) is 23.8 Å². The second-order valence-corrected chi connectivity index (χ2v) is 9.19. The molecular weight excluding hydrogens is 483 g/mol. The Hall–Kier alpha value is -3.34. The third kappa shape index (κ3) is 4.77. The summed E-state index contributed by atoms with van der Waals surface area (Å²) in [6, 6.07) is 5.84. The van der Waals surface area contributed by atoms with Gasteiger partial charge in [-0.3, -0.25) is 9.88 Å². The minimum absolute atomic E-state index is 0.0374. The van der Waals surface area contributed by atoms with Gasteiger partial charge in [0.15, 0.2) is 11.9 Å².